The zero-order valence-electron chi connectivity index (χ0n) is 25.1. The number of rotatable bonds is 14. The fourth-order valence-corrected chi connectivity index (χ4v) is 5.51. The van der Waals surface area contributed by atoms with Gasteiger partial charge in [-0.05, 0) is 40.8 Å². The van der Waals surface area contributed by atoms with Crippen LogP contribution in [-0.2, 0) is 39.4 Å². The Hall–Kier alpha value is -4.23. The Morgan fingerprint density at radius 2 is 1.30 bits per heavy atom. The lowest BCUT2D eigenvalue weighted by atomic mass is 10.1. The number of methoxy groups -OCH3 is 1. The second kappa shape index (κ2) is 14.8. The molecular formula is C37H41N3O3. The van der Waals surface area contributed by atoms with Gasteiger partial charge in [0.15, 0.2) is 0 Å². The van der Waals surface area contributed by atoms with Crippen molar-refractivity contribution in [1.82, 2.24) is 14.5 Å². The molecule has 2 N–H and O–H groups in total. The van der Waals surface area contributed by atoms with Crippen LogP contribution in [0.15, 0.2) is 103 Å². The quantitative estimate of drug-likeness (QED) is 0.146. The molecule has 4 aromatic carbocycles. The van der Waals surface area contributed by atoms with Crippen molar-refractivity contribution in [3.8, 4) is 28.4 Å². The summed E-state index contributed by atoms with van der Waals surface area (Å²) in [6, 6.07) is 35.0. The van der Waals surface area contributed by atoms with Crippen molar-refractivity contribution in [1.29, 1.82) is 0 Å². The minimum Gasteiger partial charge on any atom is -0.497 e. The van der Waals surface area contributed by atoms with Gasteiger partial charge in [0.05, 0.1) is 31.7 Å². The lowest BCUT2D eigenvalue weighted by Gasteiger charge is -2.25. The van der Waals surface area contributed by atoms with E-state index in [4.69, 9.17) is 9.72 Å². The summed E-state index contributed by atoms with van der Waals surface area (Å²) in [5, 5.41) is 19.5. The number of hydrogen-bond acceptors (Lipinski definition) is 5. The average molecular weight is 576 g/mol. The van der Waals surface area contributed by atoms with Crippen LogP contribution in [0.5, 0.6) is 5.75 Å². The Bertz CT molecular complexity index is 1560. The first kappa shape index (κ1) is 30.2. The third kappa shape index (κ3) is 7.59. The highest BCUT2D eigenvalue weighted by Gasteiger charge is 2.22. The smallest absolute Gasteiger partial charge is 0.140 e. The summed E-state index contributed by atoms with van der Waals surface area (Å²) in [5.74, 6) is 1.72. The molecule has 1 heterocycles. The molecule has 0 radical (unpaired) electrons. The summed E-state index contributed by atoms with van der Waals surface area (Å²) in [4.78, 5) is 7.72. The van der Waals surface area contributed by atoms with Gasteiger partial charge in [0.25, 0.3) is 0 Å². The zero-order chi connectivity index (χ0) is 30.0. The Morgan fingerprint density at radius 3 is 1.93 bits per heavy atom. The molecule has 0 aliphatic carbocycles. The van der Waals surface area contributed by atoms with Gasteiger partial charge in [0.2, 0.25) is 0 Å². The van der Waals surface area contributed by atoms with Crippen molar-refractivity contribution in [3.63, 3.8) is 0 Å². The molecule has 6 heteroatoms. The number of ether oxygens (including phenoxy) is 1. The second-order valence-electron chi connectivity index (χ2n) is 10.9. The van der Waals surface area contributed by atoms with Crippen LogP contribution in [0.3, 0.4) is 0 Å². The van der Waals surface area contributed by atoms with E-state index in [0.29, 0.717) is 19.6 Å². The summed E-state index contributed by atoms with van der Waals surface area (Å²) in [6.45, 7) is 5.10. The molecule has 0 fully saturated rings. The fraction of sp³-hybridized carbons (Fsp3) is 0.270. The Labute approximate surface area is 254 Å². The van der Waals surface area contributed by atoms with Gasteiger partial charge in [0, 0.05) is 37.3 Å². The van der Waals surface area contributed by atoms with Gasteiger partial charge < -0.3 is 19.5 Å². The molecule has 0 saturated heterocycles. The van der Waals surface area contributed by atoms with Crippen molar-refractivity contribution < 1.29 is 14.9 Å². The van der Waals surface area contributed by atoms with Gasteiger partial charge in [0.1, 0.15) is 11.6 Å². The molecule has 1 aromatic heterocycles. The monoisotopic (exact) mass is 575 g/mol. The van der Waals surface area contributed by atoms with Crippen LogP contribution in [-0.4, -0.2) is 31.8 Å². The van der Waals surface area contributed by atoms with E-state index in [0.717, 1.165) is 70.0 Å². The minimum atomic E-state index is -0.0464. The summed E-state index contributed by atoms with van der Waals surface area (Å²) >= 11 is 0. The highest BCUT2D eigenvalue weighted by atomic mass is 16.5. The fourth-order valence-electron chi connectivity index (χ4n) is 5.51. The number of hydrogen-bond donors (Lipinski definition) is 2. The highest BCUT2D eigenvalue weighted by Crippen LogP contribution is 2.32. The van der Waals surface area contributed by atoms with Gasteiger partial charge in [-0.25, -0.2) is 4.98 Å². The van der Waals surface area contributed by atoms with E-state index >= 15 is 0 Å². The third-order valence-corrected chi connectivity index (χ3v) is 7.72. The van der Waals surface area contributed by atoms with E-state index in [1.54, 1.807) is 7.11 Å². The van der Waals surface area contributed by atoms with Gasteiger partial charge in [-0.15, -0.1) is 0 Å². The molecule has 43 heavy (non-hydrogen) atoms. The van der Waals surface area contributed by atoms with E-state index in [2.05, 4.69) is 77.1 Å². The zero-order valence-corrected chi connectivity index (χ0v) is 25.1. The van der Waals surface area contributed by atoms with Crippen LogP contribution in [0.4, 0.5) is 0 Å². The van der Waals surface area contributed by atoms with Gasteiger partial charge in [-0.1, -0.05) is 104 Å². The first-order chi connectivity index (χ1) is 21.1. The molecule has 222 valence electrons. The van der Waals surface area contributed by atoms with Crippen LogP contribution in [0.1, 0.15) is 47.7 Å². The Morgan fingerprint density at radius 1 is 0.698 bits per heavy atom. The van der Waals surface area contributed by atoms with Crippen molar-refractivity contribution >= 4 is 0 Å². The van der Waals surface area contributed by atoms with E-state index in [1.807, 2.05) is 42.5 Å². The van der Waals surface area contributed by atoms with E-state index in [1.165, 1.54) is 5.69 Å². The minimum absolute atomic E-state index is 0.0249. The standard InChI is InChI=1S/C37H41N3O3/c1-3-4-19-40-35(36(32-11-7-5-8-12-32)38-37(40)33-13-9-6-10-14-33)25-39(23-28-15-17-29(26-41)18-16-28)24-30-20-31(27-42)22-34(21-30)43-2/h5-18,20-22,41-42H,3-4,19,23-27H2,1-2H3. The maximum Gasteiger partial charge on any atom is 0.140 e. The molecule has 0 aliphatic rings. The van der Waals surface area contributed by atoms with Crippen LogP contribution < -0.4 is 4.74 Å². The SMILES string of the molecule is CCCCn1c(-c2ccccc2)nc(-c2ccccc2)c1CN(Cc1ccc(CO)cc1)Cc1cc(CO)cc(OC)c1. The summed E-state index contributed by atoms with van der Waals surface area (Å²) in [5.41, 5.74) is 8.33. The van der Waals surface area contributed by atoms with Crippen molar-refractivity contribution in [2.75, 3.05) is 7.11 Å². The predicted molar refractivity (Wildman–Crippen MR) is 172 cm³/mol. The first-order valence-electron chi connectivity index (χ1n) is 15.0. The van der Waals surface area contributed by atoms with Crippen LogP contribution in [0.25, 0.3) is 22.6 Å². The molecule has 6 nitrogen and oxygen atoms in total. The third-order valence-electron chi connectivity index (χ3n) is 7.72. The Balaban J connectivity index is 1.61. The second-order valence-corrected chi connectivity index (χ2v) is 10.9. The van der Waals surface area contributed by atoms with Crippen molar-refractivity contribution in [2.24, 2.45) is 0 Å². The summed E-state index contributed by atoms with van der Waals surface area (Å²) in [6.07, 6.45) is 2.14. The average Bonchev–Trinajstić information content (AvgIpc) is 3.42. The molecule has 0 aliphatic heterocycles. The van der Waals surface area contributed by atoms with Gasteiger partial charge in [-0.3, -0.25) is 4.90 Å². The number of nitrogens with zero attached hydrogens (tertiary/aromatic N) is 3. The van der Waals surface area contributed by atoms with Crippen LogP contribution >= 0.6 is 0 Å². The molecule has 5 rings (SSSR count). The molecular weight excluding hydrogens is 534 g/mol. The molecule has 0 saturated carbocycles. The molecule has 0 spiro atoms. The Kier molecular flexibility index (Phi) is 10.4. The highest BCUT2D eigenvalue weighted by molar-refractivity contribution is 5.68. The van der Waals surface area contributed by atoms with E-state index < -0.39 is 0 Å². The van der Waals surface area contributed by atoms with E-state index in [-0.39, 0.29) is 13.2 Å². The summed E-state index contributed by atoms with van der Waals surface area (Å²) in [7, 11) is 1.66. The number of aromatic nitrogens is 2. The van der Waals surface area contributed by atoms with Crippen molar-refractivity contribution in [2.45, 2.75) is 59.2 Å². The van der Waals surface area contributed by atoms with Gasteiger partial charge in [-0.2, -0.15) is 0 Å². The number of unbranched alkanes of at least 4 members (excludes halogenated alkanes) is 1. The predicted octanol–water partition coefficient (Wildman–Crippen LogP) is 7.21. The number of benzene rings is 4. The topological polar surface area (TPSA) is 70.8 Å². The van der Waals surface area contributed by atoms with Gasteiger partial charge >= 0.3 is 0 Å². The van der Waals surface area contributed by atoms with Crippen molar-refractivity contribution in [3.05, 3.63) is 131 Å². The lowest BCUT2D eigenvalue weighted by Crippen LogP contribution is -2.25. The molecule has 0 amide bonds. The first-order valence-corrected chi connectivity index (χ1v) is 15.0. The van der Waals surface area contributed by atoms with Crippen LogP contribution in [0.2, 0.25) is 0 Å². The van der Waals surface area contributed by atoms with E-state index in [9.17, 15) is 10.2 Å². The largest absolute Gasteiger partial charge is 0.497 e. The maximum atomic E-state index is 9.93. The van der Waals surface area contributed by atoms with Crippen LogP contribution in [0, 0.1) is 0 Å². The lowest BCUT2D eigenvalue weighted by molar-refractivity contribution is 0.240. The molecule has 0 unspecified atom stereocenters. The molecule has 5 aromatic rings. The number of imidazole rings is 1. The summed E-state index contributed by atoms with van der Waals surface area (Å²) < 4.78 is 7.98. The molecule has 0 bridgehead atoms. The maximum absolute atomic E-state index is 9.93. The number of aliphatic hydroxyl groups is 2. The number of aliphatic hydroxyl groups excluding tert-OH is 2. The normalized spacial score (nSPS) is 11.3. The molecule has 0 atom stereocenters.